The summed E-state index contributed by atoms with van der Waals surface area (Å²) in [5.41, 5.74) is 1.23. The van der Waals surface area contributed by atoms with E-state index in [1.54, 1.807) is 6.07 Å². The van der Waals surface area contributed by atoms with Gasteiger partial charge in [0.2, 0.25) is 0 Å². The van der Waals surface area contributed by atoms with Gasteiger partial charge in [-0.3, -0.25) is 0 Å². The molecule has 2 N–H and O–H groups in total. The highest BCUT2D eigenvalue weighted by molar-refractivity contribution is 7.13. The van der Waals surface area contributed by atoms with E-state index < -0.39 is 5.97 Å². The van der Waals surface area contributed by atoms with Gasteiger partial charge in [-0.2, -0.15) is 0 Å². The lowest BCUT2D eigenvalue weighted by Gasteiger charge is -2.13. The molecule has 0 aliphatic heterocycles. The molecule has 0 aliphatic rings. The average Bonchev–Trinajstić information content (AvgIpc) is 2.86. The molecule has 0 radical (unpaired) electrons. The molecular formula is C14H15NO2S. The SMILES string of the molecule is CC(NCc1ccc(C(=O)O)s1)c1ccccc1. The van der Waals surface area contributed by atoms with E-state index in [1.807, 2.05) is 24.3 Å². The minimum Gasteiger partial charge on any atom is -0.477 e. The van der Waals surface area contributed by atoms with Crippen LogP contribution in [0.15, 0.2) is 42.5 Å². The predicted octanol–water partition coefficient (Wildman–Crippen LogP) is 3.30. The topological polar surface area (TPSA) is 49.3 Å². The zero-order chi connectivity index (χ0) is 13.0. The lowest BCUT2D eigenvalue weighted by Crippen LogP contribution is -2.17. The minimum absolute atomic E-state index is 0.251. The molecule has 0 spiro atoms. The number of hydrogen-bond acceptors (Lipinski definition) is 3. The maximum absolute atomic E-state index is 10.8. The summed E-state index contributed by atoms with van der Waals surface area (Å²) in [5, 5.41) is 12.2. The number of benzene rings is 1. The van der Waals surface area contributed by atoms with Crippen LogP contribution in [0, 0.1) is 0 Å². The van der Waals surface area contributed by atoms with Gasteiger partial charge in [0.1, 0.15) is 4.88 Å². The van der Waals surface area contributed by atoms with Crippen molar-refractivity contribution in [3.8, 4) is 0 Å². The Morgan fingerprint density at radius 3 is 2.61 bits per heavy atom. The van der Waals surface area contributed by atoms with E-state index in [0.717, 1.165) is 4.88 Å². The summed E-state index contributed by atoms with van der Waals surface area (Å²) in [7, 11) is 0. The number of carboxylic acid groups (broad SMARTS) is 1. The van der Waals surface area contributed by atoms with Crippen LogP contribution in [0.3, 0.4) is 0 Å². The molecule has 0 fully saturated rings. The van der Waals surface area contributed by atoms with Gasteiger partial charge in [0, 0.05) is 17.5 Å². The standard InChI is InChI=1S/C14H15NO2S/c1-10(11-5-3-2-4-6-11)15-9-12-7-8-13(18-12)14(16)17/h2-8,10,15H,9H2,1H3,(H,16,17). The number of thiophene rings is 1. The first-order valence-electron chi connectivity index (χ1n) is 5.77. The van der Waals surface area contributed by atoms with Crippen LogP contribution in [0.5, 0.6) is 0 Å². The van der Waals surface area contributed by atoms with E-state index in [2.05, 4.69) is 24.4 Å². The molecule has 3 nitrogen and oxygen atoms in total. The molecule has 18 heavy (non-hydrogen) atoms. The van der Waals surface area contributed by atoms with E-state index in [-0.39, 0.29) is 6.04 Å². The largest absolute Gasteiger partial charge is 0.477 e. The van der Waals surface area contributed by atoms with E-state index in [1.165, 1.54) is 16.9 Å². The van der Waals surface area contributed by atoms with Gasteiger partial charge in [-0.05, 0) is 24.6 Å². The fraction of sp³-hybridized carbons (Fsp3) is 0.214. The number of nitrogens with one attached hydrogen (secondary N) is 1. The van der Waals surface area contributed by atoms with Gasteiger partial charge in [0.25, 0.3) is 0 Å². The second-order valence-electron chi connectivity index (χ2n) is 4.08. The molecule has 2 rings (SSSR count). The lowest BCUT2D eigenvalue weighted by atomic mass is 10.1. The summed E-state index contributed by atoms with van der Waals surface area (Å²) in [6.45, 7) is 2.79. The normalized spacial score (nSPS) is 12.3. The van der Waals surface area contributed by atoms with Crippen molar-refractivity contribution in [2.75, 3.05) is 0 Å². The molecule has 1 atom stereocenters. The van der Waals surface area contributed by atoms with Gasteiger partial charge < -0.3 is 10.4 Å². The van der Waals surface area contributed by atoms with Crippen LogP contribution < -0.4 is 5.32 Å². The highest BCUT2D eigenvalue weighted by atomic mass is 32.1. The zero-order valence-corrected chi connectivity index (χ0v) is 10.9. The van der Waals surface area contributed by atoms with Crippen molar-refractivity contribution in [2.24, 2.45) is 0 Å². The molecule has 2 aromatic rings. The summed E-state index contributed by atoms with van der Waals surface area (Å²) in [6, 6.07) is 13.9. The van der Waals surface area contributed by atoms with Crippen LogP contribution in [0.1, 0.15) is 33.1 Å². The number of carbonyl (C=O) groups is 1. The van der Waals surface area contributed by atoms with Crippen molar-refractivity contribution in [3.05, 3.63) is 57.8 Å². The van der Waals surface area contributed by atoms with E-state index in [0.29, 0.717) is 11.4 Å². The van der Waals surface area contributed by atoms with Gasteiger partial charge in [-0.15, -0.1) is 11.3 Å². The molecule has 0 saturated heterocycles. The first-order valence-corrected chi connectivity index (χ1v) is 6.59. The molecular weight excluding hydrogens is 246 g/mol. The van der Waals surface area contributed by atoms with Gasteiger partial charge in [-0.25, -0.2) is 4.79 Å². The first kappa shape index (κ1) is 12.8. The summed E-state index contributed by atoms with van der Waals surface area (Å²) in [4.78, 5) is 12.2. The van der Waals surface area contributed by atoms with Crippen LogP contribution in [0.25, 0.3) is 0 Å². The van der Waals surface area contributed by atoms with E-state index in [4.69, 9.17) is 5.11 Å². The Kier molecular flexibility index (Phi) is 4.12. The summed E-state index contributed by atoms with van der Waals surface area (Å²) < 4.78 is 0. The first-order chi connectivity index (χ1) is 8.66. The molecule has 0 bridgehead atoms. The molecule has 94 valence electrons. The smallest absolute Gasteiger partial charge is 0.345 e. The molecule has 0 saturated carbocycles. The second kappa shape index (κ2) is 5.80. The molecule has 1 aromatic heterocycles. The predicted molar refractivity (Wildman–Crippen MR) is 73.0 cm³/mol. The number of rotatable bonds is 5. The van der Waals surface area contributed by atoms with Gasteiger partial charge >= 0.3 is 5.97 Å². The van der Waals surface area contributed by atoms with Crippen LogP contribution >= 0.6 is 11.3 Å². The summed E-state index contributed by atoms with van der Waals surface area (Å²) in [5.74, 6) is -0.859. The zero-order valence-electron chi connectivity index (χ0n) is 10.1. The van der Waals surface area contributed by atoms with Gasteiger partial charge in [0.15, 0.2) is 0 Å². The van der Waals surface area contributed by atoms with Crippen LogP contribution in [0.2, 0.25) is 0 Å². The number of hydrogen-bond donors (Lipinski definition) is 2. The monoisotopic (exact) mass is 261 g/mol. The van der Waals surface area contributed by atoms with Crippen LogP contribution in [-0.2, 0) is 6.54 Å². The maximum Gasteiger partial charge on any atom is 0.345 e. The molecule has 1 heterocycles. The highest BCUT2D eigenvalue weighted by Crippen LogP contribution is 2.18. The fourth-order valence-electron chi connectivity index (χ4n) is 1.70. The Bertz CT molecular complexity index is 522. The fourth-order valence-corrected chi connectivity index (χ4v) is 2.50. The third-order valence-corrected chi connectivity index (χ3v) is 3.83. The number of aromatic carboxylic acids is 1. The summed E-state index contributed by atoms with van der Waals surface area (Å²) in [6.07, 6.45) is 0. The Hall–Kier alpha value is -1.65. The Morgan fingerprint density at radius 2 is 2.00 bits per heavy atom. The van der Waals surface area contributed by atoms with Crippen molar-refractivity contribution in [1.29, 1.82) is 0 Å². The van der Waals surface area contributed by atoms with Crippen molar-refractivity contribution in [2.45, 2.75) is 19.5 Å². The van der Waals surface area contributed by atoms with Crippen molar-refractivity contribution < 1.29 is 9.90 Å². The quantitative estimate of drug-likeness (QED) is 0.868. The maximum atomic E-state index is 10.8. The third-order valence-electron chi connectivity index (χ3n) is 2.75. The number of carboxylic acids is 1. The molecule has 1 unspecified atom stereocenters. The van der Waals surface area contributed by atoms with Crippen molar-refractivity contribution in [3.63, 3.8) is 0 Å². The Balaban J connectivity index is 1.93. The van der Waals surface area contributed by atoms with E-state index >= 15 is 0 Å². The lowest BCUT2D eigenvalue weighted by molar-refractivity contribution is 0.0702. The van der Waals surface area contributed by atoms with E-state index in [9.17, 15) is 4.79 Å². The minimum atomic E-state index is -0.859. The van der Waals surface area contributed by atoms with Gasteiger partial charge in [0.05, 0.1) is 0 Å². The Morgan fingerprint density at radius 1 is 1.28 bits per heavy atom. The van der Waals surface area contributed by atoms with Gasteiger partial charge in [-0.1, -0.05) is 30.3 Å². The molecule has 0 amide bonds. The second-order valence-corrected chi connectivity index (χ2v) is 5.25. The average molecular weight is 261 g/mol. The van der Waals surface area contributed by atoms with Crippen molar-refractivity contribution >= 4 is 17.3 Å². The highest BCUT2D eigenvalue weighted by Gasteiger charge is 2.08. The summed E-state index contributed by atoms with van der Waals surface area (Å²) >= 11 is 1.32. The molecule has 0 aliphatic carbocycles. The van der Waals surface area contributed by atoms with Crippen LogP contribution in [0.4, 0.5) is 0 Å². The molecule has 1 aromatic carbocycles. The Labute approximate surface area is 110 Å². The third kappa shape index (κ3) is 3.18. The van der Waals surface area contributed by atoms with Crippen LogP contribution in [-0.4, -0.2) is 11.1 Å². The molecule has 4 heteroatoms. The van der Waals surface area contributed by atoms with Crippen molar-refractivity contribution in [1.82, 2.24) is 5.32 Å².